The highest BCUT2D eigenvalue weighted by molar-refractivity contribution is 5.75. The average molecular weight is 477 g/mol. The average Bonchev–Trinajstić information content (AvgIpc) is 2.74. The predicted molar refractivity (Wildman–Crippen MR) is 107 cm³/mol. The van der Waals surface area contributed by atoms with Gasteiger partial charge in [0.25, 0.3) is 0 Å². The maximum atomic E-state index is 13.6. The number of piperazine rings is 1. The van der Waals surface area contributed by atoms with Gasteiger partial charge in [-0.2, -0.15) is 26.3 Å². The van der Waals surface area contributed by atoms with Gasteiger partial charge in [-0.05, 0) is 54.3 Å². The zero-order valence-electron chi connectivity index (χ0n) is 17.6. The number of hydrogen-bond donors (Lipinski definition) is 2. The lowest BCUT2D eigenvalue weighted by atomic mass is 10.0. The third-order valence-electron chi connectivity index (χ3n) is 5.41. The molecule has 180 valence electrons. The van der Waals surface area contributed by atoms with Crippen LogP contribution in [-0.4, -0.2) is 37.1 Å². The fourth-order valence-electron chi connectivity index (χ4n) is 3.70. The number of benzene rings is 2. The molecule has 0 spiro atoms. The van der Waals surface area contributed by atoms with Crippen molar-refractivity contribution in [1.29, 1.82) is 0 Å². The molecule has 33 heavy (non-hydrogen) atoms. The van der Waals surface area contributed by atoms with Gasteiger partial charge in [-0.25, -0.2) is 9.18 Å². The summed E-state index contributed by atoms with van der Waals surface area (Å²) in [5, 5.41) is 5.71. The molecule has 2 N–H and O–H groups in total. The highest BCUT2D eigenvalue weighted by Crippen LogP contribution is 2.36. The van der Waals surface area contributed by atoms with Gasteiger partial charge in [-0.15, -0.1) is 0 Å². The third kappa shape index (κ3) is 6.16. The van der Waals surface area contributed by atoms with Crippen LogP contribution in [0.2, 0.25) is 0 Å². The smallest absolute Gasteiger partial charge is 0.338 e. The summed E-state index contributed by atoms with van der Waals surface area (Å²) in [4.78, 5) is 14.2. The van der Waals surface area contributed by atoms with E-state index in [9.17, 15) is 35.5 Å². The van der Waals surface area contributed by atoms with Crippen LogP contribution in [0.5, 0.6) is 0 Å². The molecule has 1 atom stereocenters. The van der Waals surface area contributed by atoms with Gasteiger partial charge in [-0.3, -0.25) is 0 Å². The second-order valence-corrected chi connectivity index (χ2v) is 7.82. The number of nitrogens with zero attached hydrogens (tertiary/aromatic N) is 1. The third-order valence-corrected chi connectivity index (χ3v) is 5.41. The first-order valence-electron chi connectivity index (χ1n) is 10.2. The molecule has 2 aromatic carbocycles. The van der Waals surface area contributed by atoms with Gasteiger partial charge in [0, 0.05) is 26.2 Å². The Labute approximate surface area is 185 Å². The summed E-state index contributed by atoms with van der Waals surface area (Å²) in [7, 11) is 0. The highest BCUT2D eigenvalue weighted by Gasteiger charge is 2.37. The number of carbonyl (C=O) groups excluding carboxylic acids is 1. The maximum absolute atomic E-state index is 13.6. The molecule has 1 fully saturated rings. The molecule has 2 aromatic rings. The van der Waals surface area contributed by atoms with Crippen LogP contribution < -0.4 is 10.6 Å². The van der Waals surface area contributed by atoms with Crippen LogP contribution in [-0.2, 0) is 18.8 Å². The van der Waals surface area contributed by atoms with Crippen LogP contribution in [0, 0.1) is 12.7 Å². The number of carbonyl (C=O) groups is 1. The Morgan fingerprint density at radius 3 is 2.27 bits per heavy atom. The monoisotopic (exact) mass is 477 g/mol. The van der Waals surface area contributed by atoms with E-state index in [1.54, 1.807) is 19.1 Å². The minimum absolute atomic E-state index is 0.0676. The molecule has 0 bridgehead atoms. The van der Waals surface area contributed by atoms with E-state index in [0.717, 1.165) is 0 Å². The van der Waals surface area contributed by atoms with Gasteiger partial charge < -0.3 is 15.5 Å². The van der Waals surface area contributed by atoms with E-state index >= 15 is 0 Å². The van der Waals surface area contributed by atoms with E-state index in [1.807, 2.05) is 0 Å². The molecular formula is C22H22F7N3O. The van der Waals surface area contributed by atoms with Gasteiger partial charge in [0.05, 0.1) is 17.2 Å². The Bertz CT molecular complexity index is 972. The summed E-state index contributed by atoms with van der Waals surface area (Å²) in [6.45, 7) is 2.70. The summed E-state index contributed by atoms with van der Waals surface area (Å²) in [5.74, 6) is -0.377. The number of hydrogen-bond acceptors (Lipinski definition) is 2. The molecule has 1 aliphatic rings. The molecule has 1 aliphatic heterocycles. The summed E-state index contributed by atoms with van der Waals surface area (Å²) in [6.07, 6.45) is -10.1. The van der Waals surface area contributed by atoms with Crippen LogP contribution >= 0.6 is 0 Å². The molecule has 0 radical (unpaired) electrons. The molecular weight excluding hydrogens is 455 g/mol. The first kappa shape index (κ1) is 24.8. The van der Waals surface area contributed by atoms with Gasteiger partial charge in [-0.1, -0.05) is 12.1 Å². The van der Waals surface area contributed by atoms with Crippen LogP contribution in [0.1, 0.15) is 33.9 Å². The zero-order chi connectivity index (χ0) is 24.4. The van der Waals surface area contributed by atoms with Crippen molar-refractivity contribution in [3.63, 3.8) is 0 Å². The Balaban J connectivity index is 1.70. The second kappa shape index (κ2) is 9.58. The van der Waals surface area contributed by atoms with E-state index in [-0.39, 0.29) is 30.4 Å². The van der Waals surface area contributed by atoms with E-state index in [0.29, 0.717) is 42.9 Å². The minimum atomic E-state index is -4.93. The summed E-state index contributed by atoms with van der Waals surface area (Å²) in [5.41, 5.74) is -1.85. The van der Waals surface area contributed by atoms with Gasteiger partial charge in [0.1, 0.15) is 5.82 Å². The molecule has 0 saturated carbocycles. The first-order chi connectivity index (χ1) is 15.4. The van der Waals surface area contributed by atoms with Crippen molar-refractivity contribution in [2.75, 3.05) is 26.2 Å². The topological polar surface area (TPSA) is 44.4 Å². The van der Waals surface area contributed by atoms with Crippen molar-refractivity contribution in [1.82, 2.24) is 15.5 Å². The number of rotatable bonds is 4. The first-order valence-corrected chi connectivity index (χ1v) is 10.2. The minimum Gasteiger partial charge on any atom is -0.338 e. The Kier molecular flexibility index (Phi) is 7.20. The summed E-state index contributed by atoms with van der Waals surface area (Å²) >= 11 is 0. The standard InChI is InChI=1S/C22H22F7N3O/c1-13-8-15(2-3-18(13)23)19-12-30-6-7-32(19)20(33)31-5-4-14-9-16(21(24,25)26)11-17(10-14)22(27,28)29/h2-3,8-11,19,30H,4-7,12H2,1H3,(H,31,33). The van der Waals surface area contributed by atoms with Crippen LogP contribution in [0.4, 0.5) is 35.5 Å². The SMILES string of the molecule is Cc1cc(C2CNCCN2C(=O)NCCc2cc(C(F)(F)F)cc(C(F)(F)F)c2)ccc1F. The van der Waals surface area contributed by atoms with Gasteiger partial charge in [0.15, 0.2) is 0 Å². The van der Waals surface area contributed by atoms with Crippen molar-refractivity contribution >= 4 is 6.03 Å². The molecule has 3 rings (SSSR count). The number of halogens is 7. The normalized spacial score (nSPS) is 17.2. The predicted octanol–water partition coefficient (Wildman–Crippen LogP) is 5.07. The van der Waals surface area contributed by atoms with Gasteiger partial charge >= 0.3 is 18.4 Å². The zero-order valence-corrected chi connectivity index (χ0v) is 17.6. The van der Waals surface area contributed by atoms with Crippen molar-refractivity contribution in [3.05, 3.63) is 70.0 Å². The Hall–Kier alpha value is -2.82. The number of urea groups is 1. The quantitative estimate of drug-likeness (QED) is 0.604. The number of aryl methyl sites for hydroxylation is 1. The van der Waals surface area contributed by atoms with Crippen molar-refractivity contribution < 1.29 is 35.5 Å². The molecule has 0 aromatic heterocycles. The molecule has 4 nitrogen and oxygen atoms in total. The molecule has 11 heteroatoms. The summed E-state index contributed by atoms with van der Waals surface area (Å²) < 4.78 is 91.7. The van der Waals surface area contributed by atoms with Crippen molar-refractivity contribution in [3.8, 4) is 0 Å². The lowest BCUT2D eigenvalue weighted by Gasteiger charge is -2.36. The highest BCUT2D eigenvalue weighted by atomic mass is 19.4. The second-order valence-electron chi connectivity index (χ2n) is 7.82. The molecule has 2 amide bonds. The molecule has 1 unspecified atom stereocenters. The van der Waals surface area contributed by atoms with E-state index < -0.39 is 35.6 Å². The fourth-order valence-corrected chi connectivity index (χ4v) is 3.70. The van der Waals surface area contributed by atoms with E-state index in [1.165, 1.54) is 11.0 Å². The van der Waals surface area contributed by atoms with E-state index in [2.05, 4.69) is 10.6 Å². The number of alkyl halides is 6. The Morgan fingerprint density at radius 2 is 1.70 bits per heavy atom. The largest absolute Gasteiger partial charge is 0.416 e. The van der Waals surface area contributed by atoms with Crippen LogP contribution in [0.25, 0.3) is 0 Å². The van der Waals surface area contributed by atoms with Crippen LogP contribution in [0.15, 0.2) is 36.4 Å². The molecule has 0 aliphatic carbocycles. The van der Waals surface area contributed by atoms with E-state index in [4.69, 9.17) is 0 Å². The fraction of sp³-hybridized carbons (Fsp3) is 0.409. The lowest BCUT2D eigenvalue weighted by molar-refractivity contribution is -0.143. The molecule has 1 saturated heterocycles. The van der Waals surface area contributed by atoms with Crippen LogP contribution in [0.3, 0.4) is 0 Å². The van der Waals surface area contributed by atoms with Gasteiger partial charge in [0.2, 0.25) is 0 Å². The lowest BCUT2D eigenvalue weighted by Crippen LogP contribution is -2.52. The maximum Gasteiger partial charge on any atom is 0.416 e. The summed E-state index contributed by atoms with van der Waals surface area (Å²) in [6, 6.07) is 4.97. The number of nitrogens with one attached hydrogen (secondary N) is 2. The van der Waals surface area contributed by atoms with Crippen molar-refractivity contribution in [2.45, 2.75) is 31.7 Å². The number of amides is 2. The molecule has 1 heterocycles. The Morgan fingerprint density at radius 1 is 1.06 bits per heavy atom. The van der Waals surface area contributed by atoms with Crippen molar-refractivity contribution in [2.24, 2.45) is 0 Å².